The molecule has 2 aromatic carbocycles. The molecule has 6 heteroatoms. The van der Waals surface area contributed by atoms with Gasteiger partial charge in [0.1, 0.15) is 0 Å². The first kappa shape index (κ1) is 17.0. The predicted molar refractivity (Wildman–Crippen MR) is 102 cm³/mol. The lowest BCUT2D eigenvalue weighted by atomic mass is 10.0. The molecule has 0 amide bonds. The number of aryl methyl sites for hydroxylation is 1. The summed E-state index contributed by atoms with van der Waals surface area (Å²) in [5.74, 6) is 0.530. The number of hydrogen-bond donors (Lipinski definition) is 0. The third-order valence-corrected chi connectivity index (χ3v) is 4.25. The first-order valence-electron chi connectivity index (χ1n) is 7.73. The Morgan fingerprint density at radius 1 is 0.920 bits per heavy atom. The van der Waals surface area contributed by atoms with Crippen LogP contribution >= 0.6 is 12.2 Å². The summed E-state index contributed by atoms with van der Waals surface area (Å²) in [7, 11) is 3.63. The lowest BCUT2D eigenvalue weighted by Gasteiger charge is -2.09. The van der Waals surface area contributed by atoms with E-state index < -0.39 is 0 Å². The van der Waals surface area contributed by atoms with Crippen molar-refractivity contribution in [1.82, 2.24) is 9.36 Å². The van der Waals surface area contributed by atoms with Gasteiger partial charge in [0.2, 0.25) is 5.55 Å². The van der Waals surface area contributed by atoms with E-state index in [0.717, 1.165) is 27.9 Å². The summed E-state index contributed by atoms with van der Waals surface area (Å²) >= 11 is 4.56. The van der Waals surface area contributed by atoms with E-state index in [1.165, 1.54) is 0 Å². The van der Waals surface area contributed by atoms with Crippen molar-refractivity contribution < 1.29 is 9.78 Å². The molecule has 0 spiro atoms. The largest absolute Gasteiger partial charge is 0.290 e. The van der Waals surface area contributed by atoms with E-state index >= 15 is 0 Å². The Morgan fingerprint density at radius 2 is 1.52 bits per heavy atom. The van der Waals surface area contributed by atoms with Crippen LogP contribution in [0.4, 0.5) is 0 Å². The van der Waals surface area contributed by atoms with Crippen LogP contribution in [0.5, 0.6) is 5.75 Å². The Hall–Kier alpha value is -2.86. The molecule has 3 aromatic rings. The first-order valence-corrected chi connectivity index (χ1v) is 8.20. The van der Waals surface area contributed by atoms with Crippen LogP contribution in [0, 0.1) is 6.92 Å². The standard InChI is InChI=1S/C19H18N2O3S/c1-13-4-6-14(7-5-13)17-18(20(2)21(3)19(17)22)15-8-10-16(11-9-15)24-23-12-25/h4-12H,1-3H3. The second-order valence-electron chi connectivity index (χ2n) is 5.74. The number of thiocarbonyl (C=S) groups is 1. The Kier molecular flexibility index (Phi) is 4.72. The molecule has 0 fully saturated rings. The average molecular weight is 354 g/mol. The zero-order chi connectivity index (χ0) is 18.0. The number of benzene rings is 2. The SMILES string of the molecule is Cc1ccc(-c2c(-c3ccc(OOC=S)cc3)n(C)n(C)c2=O)cc1. The summed E-state index contributed by atoms with van der Waals surface area (Å²) in [6.45, 7) is 2.02. The Balaban J connectivity index is 2.12. The highest BCUT2D eigenvalue weighted by molar-refractivity contribution is 7.78. The molecule has 1 aromatic heterocycles. The van der Waals surface area contributed by atoms with Crippen molar-refractivity contribution in [1.29, 1.82) is 0 Å². The molecule has 0 atom stereocenters. The maximum atomic E-state index is 12.8. The van der Waals surface area contributed by atoms with Gasteiger partial charge in [0.25, 0.3) is 5.56 Å². The fourth-order valence-corrected chi connectivity index (χ4v) is 2.81. The second-order valence-corrected chi connectivity index (χ2v) is 5.93. The average Bonchev–Trinajstić information content (AvgIpc) is 2.85. The van der Waals surface area contributed by atoms with Gasteiger partial charge in [0.05, 0.1) is 11.3 Å². The molecule has 0 unspecified atom stereocenters. The van der Waals surface area contributed by atoms with Gasteiger partial charge in [-0.25, -0.2) is 0 Å². The normalized spacial score (nSPS) is 10.5. The van der Waals surface area contributed by atoms with E-state index in [2.05, 4.69) is 17.1 Å². The summed E-state index contributed by atoms with van der Waals surface area (Å²) in [4.78, 5) is 22.4. The van der Waals surface area contributed by atoms with Crippen LogP contribution in [0.3, 0.4) is 0 Å². The molecular weight excluding hydrogens is 336 g/mol. The Morgan fingerprint density at radius 3 is 2.12 bits per heavy atom. The lowest BCUT2D eigenvalue weighted by Crippen LogP contribution is -2.17. The minimum Gasteiger partial charge on any atom is -0.290 e. The van der Waals surface area contributed by atoms with Crippen molar-refractivity contribution in [3.63, 3.8) is 0 Å². The van der Waals surface area contributed by atoms with E-state index in [0.29, 0.717) is 11.3 Å². The summed E-state index contributed by atoms with van der Waals surface area (Å²) in [5.41, 5.74) is 5.48. The van der Waals surface area contributed by atoms with Gasteiger partial charge in [-0.05, 0) is 49.0 Å². The number of aromatic nitrogens is 2. The lowest BCUT2D eigenvalue weighted by molar-refractivity contribution is -0.106. The van der Waals surface area contributed by atoms with Crippen LogP contribution in [0.15, 0.2) is 53.3 Å². The second kappa shape index (κ2) is 6.94. The van der Waals surface area contributed by atoms with Gasteiger partial charge in [-0.2, -0.15) is 0 Å². The van der Waals surface area contributed by atoms with Gasteiger partial charge < -0.3 is 0 Å². The maximum Gasteiger partial charge on any atom is 0.274 e. The van der Waals surface area contributed by atoms with Gasteiger partial charge in [-0.1, -0.05) is 29.8 Å². The van der Waals surface area contributed by atoms with Gasteiger partial charge >= 0.3 is 0 Å². The summed E-state index contributed by atoms with van der Waals surface area (Å²) in [6.07, 6.45) is 0. The van der Waals surface area contributed by atoms with Crippen molar-refractivity contribution in [3.05, 3.63) is 64.4 Å². The molecule has 0 aliphatic rings. The summed E-state index contributed by atoms with van der Waals surface area (Å²) < 4.78 is 3.45. The molecular formula is C19H18N2O3S. The molecule has 0 aliphatic carbocycles. The third kappa shape index (κ3) is 3.21. The maximum absolute atomic E-state index is 12.8. The van der Waals surface area contributed by atoms with Crippen molar-refractivity contribution in [2.45, 2.75) is 6.92 Å². The van der Waals surface area contributed by atoms with Crippen LogP contribution in [0.1, 0.15) is 5.56 Å². The highest BCUT2D eigenvalue weighted by Crippen LogP contribution is 2.31. The monoisotopic (exact) mass is 354 g/mol. The molecule has 25 heavy (non-hydrogen) atoms. The van der Waals surface area contributed by atoms with E-state index in [1.54, 1.807) is 23.9 Å². The molecule has 0 N–H and O–H groups in total. The van der Waals surface area contributed by atoms with Gasteiger partial charge in [0.15, 0.2) is 5.75 Å². The predicted octanol–water partition coefficient (Wildman–Crippen LogP) is 3.63. The molecule has 0 aliphatic heterocycles. The van der Waals surface area contributed by atoms with Crippen LogP contribution in [-0.2, 0) is 19.0 Å². The number of rotatable bonds is 5. The molecule has 128 valence electrons. The van der Waals surface area contributed by atoms with Gasteiger partial charge in [-0.3, -0.25) is 23.9 Å². The molecule has 1 heterocycles. The highest BCUT2D eigenvalue weighted by atomic mass is 32.1. The minimum absolute atomic E-state index is 0.0364. The van der Waals surface area contributed by atoms with Crippen molar-refractivity contribution in [2.24, 2.45) is 14.1 Å². The highest BCUT2D eigenvalue weighted by Gasteiger charge is 2.19. The van der Waals surface area contributed by atoms with Crippen molar-refractivity contribution in [3.8, 4) is 28.1 Å². The van der Waals surface area contributed by atoms with Crippen molar-refractivity contribution >= 4 is 17.8 Å². The van der Waals surface area contributed by atoms with E-state index in [-0.39, 0.29) is 5.56 Å². The molecule has 5 nitrogen and oxygen atoms in total. The Bertz CT molecular complexity index is 954. The molecule has 0 radical (unpaired) electrons. The van der Waals surface area contributed by atoms with Crippen molar-refractivity contribution in [2.75, 3.05) is 0 Å². The zero-order valence-corrected chi connectivity index (χ0v) is 15.0. The summed E-state index contributed by atoms with van der Waals surface area (Å²) in [5, 5.41) is 0. The fourth-order valence-electron chi connectivity index (χ4n) is 2.77. The molecule has 0 saturated heterocycles. The van der Waals surface area contributed by atoms with Gasteiger partial charge in [0, 0.05) is 19.7 Å². The van der Waals surface area contributed by atoms with Crippen LogP contribution in [0.2, 0.25) is 0 Å². The molecule has 0 saturated carbocycles. The van der Waals surface area contributed by atoms with Crippen LogP contribution < -0.4 is 10.4 Å². The minimum atomic E-state index is -0.0364. The molecule has 0 bridgehead atoms. The molecule has 3 rings (SSSR count). The zero-order valence-electron chi connectivity index (χ0n) is 14.2. The third-order valence-electron chi connectivity index (χ3n) is 4.17. The van der Waals surface area contributed by atoms with Crippen LogP contribution in [-0.4, -0.2) is 14.9 Å². The fraction of sp³-hybridized carbons (Fsp3) is 0.158. The van der Waals surface area contributed by atoms with Gasteiger partial charge in [-0.15, -0.1) is 0 Å². The van der Waals surface area contributed by atoms with E-state index in [1.807, 2.05) is 55.1 Å². The summed E-state index contributed by atoms with van der Waals surface area (Å²) in [6, 6.07) is 15.3. The van der Waals surface area contributed by atoms with E-state index in [9.17, 15) is 4.79 Å². The Labute approximate surface area is 150 Å². The topological polar surface area (TPSA) is 45.4 Å². The first-order chi connectivity index (χ1) is 12.0. The quantitative estimate of drug-likeness (QED) is 0.399. The smallest absolute Gasteiger partial charge is 0.274 e. The van der Waals surface area contributed by atoms with Crippen LogP contribution in [0.25, 0.3) is 22.4 Å². The van der Waals surface area contributed by atoms with E-state index in [4.69, 9.17) is 4.89 Å². The number of nitrogens with zero attached hydrogens (tertiary/aromatic N) is 2. The number of hydrogen-bond acceptors (Lipinski definition) is 4.